The van der Waals surface area contributed by atoms with Gasteiger partial charge in [-0.1, -0.05) is 50.1 Å². The number of carbonyl (C=O) groups excluding carboxylic acids is 2. The zero-order chi connectivity index (χ0) is 20.4. The van der Waals surface area contributed by atoms with Crippen LogP contribution < -0.4 is 10.1 Å². The Kier molecular flexibility index (Phi) is 5.53. The number of aromatic amines is 1. The van der Waals surface area contributed by atoms with Crippen LogP contribution in [0.3, 0.4) is 0 Å². The van der Waals surface area contributed by atoms with Gasteiger partial charge in [-0.2, -0.15) is 0 Å². The number of amides is 2. The van der Waals surface area contributed by atoms with E-state index in [1.54, 1.807) is 0 Å². The number of nitrogens with one attached hydrogen (secondary N) is 2. The first kappa shape index (κ1) is 19.5. The predicted octanol–water partition coefficient (Wildman–Crippen LogP) is 5.17. The van der Waals surface area contributed by atoms with Gasteiger partial charge in [0.2, 0.25) is 0 Å². The van der Waals surface area contributed by atoms with E-state index in [1.165, 1.54) is 0 Å². The maximum absolute atomic E-state index is 12.6. The molecule has 0 atom stereocenters. The summed E-state index contributed by atoms with van der Waals surface area (Å²) < 4.78 is 6.16. The maximum atomic E-state index is 12.6. The van der Waals surface area contributed by atoms with E-state index in [2.05, 4.69) is 33.2 Å². The lowest BCUT2D eigenvalue weighted by molar-refractivity contribution is -0.123. The molecule has 2 amide bonds. The van der Waals surface area contributed by atoms with Crippen LogP contribution in [0, 0.1) is 0 Å². The Morgan fingerprint density at radius 1 is 1.00 bits per heavy atom. The molecule has 1 aliphatic heterocycles. The van der Waals surface area contributed by atoms with Crippen molar-refractivity contribution in [3.63, 3.8) is 0 Å². The van der Waals surface area contributed by atoms with Crippen molar-refractivity contribution < 1.29 is 14.3 Å². The SMILES string of the molecule is CCCCCOc1ccc2[nH]c(-c3ccccc3)c(C3=C(Br)C(=O)NC3=O)c2c1. The standard InChI is InChI=1S/C23H21BrN2O3/c1-2-3-7-12-29-15-10-11-17-16(13-15)18(19-20(24)23(28)26-22(19)27)21(25-17)14-8-5-4-6-9-14/h4-6,8-11,13,25H,2-3,7,12H2,1H3,(H,26,27,28). The van der Waals surface area contributed by atoms with E-state index in [0.29, 0.717) is 17.7 Å². The number of imide groups is 1. The Balaban J connectivity index is 1.87. The molecular weight excluding hydrogens is 432 g/mol. The van der Waals surface area contributed by atoms with Gasteiger partial charge in [0.15, 0.2) is 0 Å². The van der Waals surface area contributed by atoms with Gasteiger partial charge in [0.1, 0.15) is 5.75 Å². The van der Waals surface area contributed by atoms with Crippen LogP contribution in [0.4, 0.5) is 0 Å². The predicted molar refractivity (Wildman–Crippen MR) is 118 cm³/mol. The van der Waals surface area contributed by atoms with Crippen molar-refractivity contribution >= 4 is 44.2 Å². The monoisotopic (exact) mass is 452 g/mol. The lowest BCUT2D eigenvalue weighted by atomic mass is 9.98. The number of H-pyrrole nitrogens is 1. The number of aromatic nitrogens is 1. The molecule has 0 saturated carbocycles. The maximum Gasteiger partial charge on any atom is 0.265 e. The van der Waals surface area contributed by atoms with Gasteiger partial charge in [-0.3, -0.25) is 14.9 Å². The summed E-state index contributed by atoms with van der Waals surface area (Å²) in [6, 6.07) is 15.6. The normalized spacial score (nSPS) is 14.0. The van der Waals surface area contributed by atoms with E-state index in [1.807, 2.05) is 48.5 Å². The second-order valence-electron chi connectivity index (χ2n) is 6.98. The minimum atomic E-state index is -0.426. The van der Waals surface area contributed by atoms with Crippen LogP contribution in [0.15, 0.2) is 53.0 Å². The number of hydrogen-bond donors (Lipinski definition) is 2. The van der Waals surface area contributed by atoms with E-state index in [9.17, 15) is 9.59 Å². The second kappa shape index (κ2) is 8.25. The molecule has 1 aromatic heterocycles. The molecule has 6 heteroatoms. The lowest BCUT2D eigenvalue weighted by Gasteiger charge is -2.08. The van der Waals surface area contributed by atoms with Crippen molar-refractivity contribution in [3.8, 4) is 17.0 Å². The Labute approximate surface area is 177 Å². The molecule has 2 aromatic carbocycles. The highest BCUT2D eigenvalue weighted by atomic mass is 79.9. The van der Waals surface area contributed by atoms with Gasteiger partial charge in [0.05, 0.1) is 22.4 Å². The number of benzene rings is 2. The molecule has 3 aromatic rings. The van der Waals surface area contributed by atoms with Crippen molar-refractivity contribution in [2.75, 3.05) is 6.61 Å². The average Bonchev–Trinajstić information content (AvgIpc) is 3.22. The fraction of sp³-hybridized carbons (Fsp3) is 0.217. The van der Waals surface area contributed by atoms with Crippen LogP contribution >= 0.6 is 15.9 Å². The van der Waals surface area contributed by atoms with Gasteiger partial charge in [-0.25, -0.2) is 0 Å². The summed E-state index contributed by atoms with van der Waals surface area (Å²) in [5.74, 6) is -0.0884. The van der Waals surface area contributed by atoms with E-state index in [0.717, 1.165) is 47.2 Å². The van der Waals surface area contributed by atoms with Crippen molar-refractivity contribution in [1.29, 1.82) is 0 Å². The number of carbonyl (C=O) groups is 2. The molecule has 1 aliphatic rings. The number of fused-ring (bicyclic) bond motifs is 1. The summed E-state index contributed by atoms with van der Waals surface area (Å²) in [4.78, 5) is 28.1. The van der Waals surface area contributed by atoms with Gasteiger partial charge >= 0.3 is 0 Å². The van der Waals surface area contributed by atoms with Crippen molar-refractivity contribution in [2.24, 2.45) is 0 Å². The summed E-state index contributed by atoms with van der Waals surface area (Å²) >= 11 is 3.30. The first-order valence-electron chi connectivity index (χ1n) is 9.70. The average molecular weight is 453 g/mol. The quantitative estimate of drug-likeness (QED) is 0.383. The highest BCUT2D eigenvalue weighted by molar-refractivity contribution is 9.12. The van der Waals surface area contributed by atoms with Gasteiger partial charge in [-0.15, -0.1) is 0 Å². The smallest absolute Gasteiger partial charge is 0.265 e. The van der Waals surface area contributed by atoms with E-state index < -0.39 is 11.8 Å². The summed E-state index contributed by atoms with van der Waals surface area (Å²) in [5.41, 5.74) is 3.63. The third-order valence-corrected chi connectivity index (χ3v) is 5.73. The Hall–Kier alpha value is -2.86. The van der Waals surface area contributed by atoms with Crippen LogP contribution in [-0.4, -0.2) is 23.4 Å². The van der Waals surface area contributed by atoms with Crippen molar-refractivity contribution in [2.45, 2.75) is 26.2 Å². The van der Waals surface area contributed by atoms with E-state index in [4.69, 9.17) is 4.74 Å². The molecule has 0 spiro atoms. The fourth-order valence-electron chi connectivity index (χ4n) is 3.54. The van der Waals surface area contributed by atoms with Crippen LogP contribution in [-0.2, 0) is 9.59 Å². The third-order valence-electron chi connectivity index (χ3n) is 4.97. The summed E-state index contributed by atoms with van der Waals surface area (Å²) in [6.07, 6.45) is 3.26. The van der Waals surface area contributed by atoms with Crippen LogP contribution in [0.25, 0.3) is 27.7 Å². The molecule has 5 nitrogen and oxygen atoms in total. The first-order valence-corrected chi connectivity index (χ1v) is 10.5. The van der Waals surface area contributed by atoms with Gasteiger partial charge in [0, 0.05) is 16.5 Å². The molecule has 0 bridgehead atoms. The van der Waals surface area contributed by atoms with Crippen molar-refractivity contribution in [1.82, 2.24) is 10.3 Å². The molecule has 29 heavy (non-hydrogen) atoms. The minimum absolute atomic E-state index is 0.245. The van der Waals surface area contributed by atoms with Crippen LogP contribution in [0.5, 0.6) is 5.75 Å². The second-order valence-corrected chi connectivity index (χ2v) is 7.77. The molecule has 2 N–H and O–H groups in total. The number of hydrogen-bond acceptors (Lipinski definition) is 3. The Morgan fingerprint density at radius 2 is 1.79 bits per heavy atom. The first-order chi connectivity index (χ1) is 14.1. The number of ether oxygens (including phenoxy) is 1. The highest BCUT2D eigenvalue weighted by Crippen LogP contribution is 2.40. The van der Waals surface area contributed by atoms with Gasteiger partial charge in [-0.05, 0) is 46.1 Å². The molecule has 0 saturated heterocycles. The molecular formula is C23H21BrN2O3. The molecule has 0 radical (unpaired) electrons. The number of unbranched alkanes of at least 4 members (excludes halogenated alkanes) is 2. The molecule has 0 fully saturated rings. The third kappa shape index (κ3) is 3.72. The number of halogens is 1. The molecule has 2 heterocycles. The van der Waals surface area contributed by atoms with Crippen LogP contribution in [0.1, 0.15) is 31.7 Å². The summed E-state index contributed by atoms with van der Waals surface area (Å²) in [5, 5.41) is 3.21. The molecule has 148 valence electrons. The van der Waals surface area contributed by atoms with E-state index in [-0.39, 0.29) is 4.48 Å². The minimum Gasteiger partial charge on any atom is -0.494 e. The largest absolute Gasteiger partial charge is 0.494 e. The molecule has 4 rings (SSSR count). The number of rotatable bonds is 7. The highest BCUT2D eigenvalue weighted by Gasteiger charge is 2.33. The fourth-order valence-corrected chi connectivity index (χ4v) is 4.02. The molecule has 0 aliphatic carbocycles. The van der Waals surface area contributed by atoms with Gasteiger partial charge in [0.25, 0.3) is 11.8 Å². The zero-order valence-electron chi connectivity index (χ0n) is 16.0. The van der Waals surface area contributed by atoms with Crippen molar-refractivity contribution in [3.05, 3.63) is 58.6 Å². The molecule has 0 unspecified atom stereocenters. The topological polar surface area (TPSA) is 71.2 Å². The Bertz CT molecular complexity index is 1120. The lowest BCUT2D eigenvalue weighted by Crippen LogP contribution is -2.22. The van der Waals surface area contributed by atoms with Gasteiger partial charge < -0.3 is 9.72 Å². The summed E-state index contributed by atoms with van der Waals surface area (Å²) in [6.45, 7) is 2.80. The zero-order valence-corrected chi connectivity index (χ0v) is 17.6. The van der Waals surface area contributed by atoms with Crippen LogP contribution in [0.2, 0.25) is 0 Å². The van der Waals surface area contributed by atoms with E-state index >= 15 is 0 Å². The summed E-state index contributed by atoms with van der Waals surface area (Å²) in [7, 11) is 0. The Morgan fingerprint density at radius 3 is 2.48 bits per heavy atom.